The summed E-state index contributed by atoms with van der Waals surface area (Å²) >= 11 is 0. The maximum Gasteiger partial charge on any atom is 0.243 e. The van der Waals surface area contributed by atoms with Crippen molar-refractivity contribution in [3.05, 3.63) is 66.3 Å². The molecule has 0 aliphatic heterocycles. The Morgan fingerprint density at radius 1 is 1.08 bits per heavy atom. The van der Waals surface area contributed by atoms with Gasteiger partial charge in [0.1, 0.15) is 5.82 Å². The van der Waals surface area contributed by atoms with Crippen molar-refractivity contribution < 1.29 is 17.3 Å². The summed E-state index contributed by atoms with van der Waals surface area (Å²) in [6.07, 6.45) is 0. The van der Waals surface area contributed by atoms with E-state index in [2.05, 4.69) is 10.1 Å². The van der Waals surface area contributed by atoms with E-state index in [-0.39, 0.29) is 23.4 Å². The summed E-state index contributed by atoms with van der Waals surface area (Å²) in [5, 5.41) is 3.91. The van der Waals surface area contributed by atoms with Gasteiger partial charge in [0.15, 0.2) is 0 Å². The van der Waals surface area contributed by atoms with Crippen molar-refractivity contribution in [1.82, 2.24) is 14.4 Å². The Hall–Kier alpha value is -2.58. The van der Waals surface area contributed by atoms with E-state index in [1.807, 2.05) is 30.3 Å². The number of hydrogen-bond donors (Lipinski definition) is 0. The van der Waals surface area contributed by atoms with E-state index in [1.165, 1.54) is 16.4 Å². The molecule has 2 aromatic carbocycles. The second-order valence-corrected chi connectivity index (χ2v) is 7.87. The molecule has 0 saturated heterocycles. The average Bonchev–Trinajstić information content (AvgIpc) is 3.09. The molecular weight excluding hydrogens is 357 g/mol. The number of rotatable bonds is 6. The fraction of sp³-hybridized carbons (Fsp3) is 0.222. The molecule has 0 aliphatic rings. The molecule has 0 fully saturated rings. The molecule has 0 bridgehead atoms. The van der Waals surface area contributed by atoms with Crippen molar-refractivity contribution in [3.63, 3.8) is 0 Å². The zero-order chi connectivity index (χ0) is 18.7. The average molecular weight is 375 g/mol. The molecule has 0 saturated carbocycles. The summed E-state index contributed by atoms with van der Waals surface area (Å²) in [7, 11) is -3.83. The lowest BCUT2D eigenvalue weighted by Crippen LogP contribution is -2.36. The molecular formula is C18H18FN3O3S. The van der Waals surface area contributed by atoms with E-state index in [4.69, 9.17) is 4.52 Å². The summed E-state index contributed by atoms with van der Waals surface area (Å²) in [5.41, 5.74) is 0.778. The van der Waals surface area contributed by atoms with Gasteiger partial charge in [-0.3, -0.25) is 0 Å². The van der Waals surface area contributed by atoms with Crippen molar-refractivity contribution in [3.8, 4) is 11.4 Å². The molecule has 0 aliphatic carbocycles. The minimum atomic E-state index is -3.83. The molecule has 8 heteroatoms. The van der Waals surface area contributed by atoms with Crippen molar-refractivity contribution in [2.45, 2.75) is 31.3 Å². The van der Waals surface area contributed by atoms with Crippen molar-refractivity contribution in [1.29, 1.82) is 0 Å². The topological polar surface area (TPSA) is 76.3 Å². The molecule has 3 aromatic rings. The largest absolute Gasteiger partial charge is 0.338 e. The smallest absolute Gasteiger partial charge is 0.243 e. The van der Waals surface area contributed by atoms with Gasteiger partial charge in [0.25, 0.3) is 0 Å². The van der Waals surface area contributed by atoms with Gasteiger partial charge in [0.2, 0.25) is 21.7 Å². The minimum Gasteiger partial charge on any atom is -0.338 e. The van der Waals surface area contributed by atoms with Crippen molar-refractivity contribution in [2.75, 3.05) is 0 Å². The van der Waals surface area contributed by atoms with Crippen LogP contribution in [-0.2, 0) is 16.6 Å². The van der Waals surface area contributed by atoms with E-state index in [0.29, 0.717) is 5.82 Å². The SMILES string of the molecule is CC(C)N(Cc1nc(-c2ccccc2)no1)S(=O)(=O)c1ccc(F)cc1. The minimum absolute atomic E-state index is 0.00963. The maximum atomic E-state index is 13.1. The molecule has 0 amide bonds. The third-order valence-electron chi connectivity index (χ3n) is 3.79. The molecule has 0 unspecified atom stereocenters. The summed E-state index contributed by atoms with van der Waals surface area (Å²) in [5.74, 6) is 0.0798. The molecule has 6 nitrogen and oxygen atoms in total. The van der Waals surface area contributed by atoms with Crippen LogP contribution in [0.4, 0.5) is 4.39 Å². The first-order chi connectivity index (χ1) is 12.4. The van der Waals surface area contributed by atoms with Crippen LogP contribution in [0.1, 0.15) is 19.7 Å². The Labute approximate surface area is 151 Å². The first-order valence-electron chi connectivity index (χ1n) is 8.03. The van der Waals surface area contributed by atoms with Crippen LogP contribution < -0.4 is 0 Å². The van der Waals surface area contributed by atoms with E-state index < -0.39 is 15.8 Å². The van der Waals surface area contributed by atoms with Gasteiger partial charge in [-0.1, -0.05) is 35.5 Å². The fourth-order valence-corrected chi connectivity index (χ4v) is 4.03. The van der Waals surface area contributed by atoms with Crippen molar-refractivity contribution in [2.24, 2.45) is 0 Å². The fourth-order valence-electron chi connectivity index (χ4n) is 2.44. The van der Waals surface area contributed by atoms with Gasteiger partial charge in [-0.15, -0.1) is 0 Å². The summed E-state index contributed by atoms with van der Waals surface area (Å²) in [6, 6.07) is 13.6. The second-order valence-electron chi connectivity index (χ2n) is 5.98. The highest BCUT2D eigenvalue weighted by molar-refractivity contribution is 7.89. The highest BCUT2D eigenvalue weighted by Gasteiger charge is 2.29. The Balaban J connectivity index is 1.88. The van der Waals surface area contributed by atoms with Gasteiger partial charge < -0.3 is 4.52 Å². The molecule has 26 heavy (non-hydrogen) atoms. The van der Waals surface area contributed by atoms with Crippen molar-refractivity contribution >= 4 is 10.0 Å². The number of halogens is 1. The zero-order valence-electron chi connectivity index (χ0n) is 14.3. The van der Waals surface area contributed by atoms with Crippen LogP contribution in [0.3, 0.4) is 0 Å². The van der Waals surface area contributed by atoms with E-state index in [9.17, 15) is 12.8 Å². The Bertz CT molecular complexity index is 970. The second kappa shape index (κ2) is 7.35. The molecule has 0 atom stereocenters. The van der Waals surface area contributed by atoms with Gasteiger partial charge in [0.05, 0.1) is 11.4 Å². The maximum absolute atomic E-state index is 13.1. The molecule has 1 heterocycles. The highest BCUT2D eigenvalue weighted by Crippen LogP contribution is 2.22. The van der Waals surface area contributed by atoms with Crippen LogP contribution in [0.2, 0.25) is 0 Å². The first-order valence-corrected chi connectivity index (χ1v) is 9.47. The number of hydrogen-bond acceptors (Lipinski definition) is 5. The van der Waals surface area contributed by atoms with E-state index in [0.717, 1.165) is 17.7 Å². The quantitative estimate of drug-likeness (QED) is 0.659. The highest BCUT2D eigenvalue weighted by atomic mass is 32.2. The molecule has 3 rings (SSSR count). The van der Waals surface area contributed by atoms with Gasteiger partial charge >= 0.3 is 0 Å². The van der Waals surface area contributed by atoms with Crippen LogP contribution in [-0.4, -0.2) is 28.9 Å². The third kappa shape index (κ3) is 3.81. The summed E-state index contributed by atoms with van der Waals surface area (Å²) < 4.78 is 45.3. The zero-order valence-corrected chi connectivity index (χ0v) is 15.1. The molecule has 0 spiro atoms. The van der Waals surface area contributed by atoms with Gasteiger partial charge in [-0.25, -0.2) is 12.8 Å². The summed E-state index contributed by atoms with van der Waals surface area (Å²) in [4.78, 5) is 4.29. The van der Waals surface area contributed by atoms with Crippen LogP contribution in [0, 0.1) is 5.82 Å². The van der Waals surface area contributed by atoms with Crippen LogP contribution in [0.5, 0.6) is 0 Å². The van der Waals surface area contributed by atoms with Gasteiger partial charge in [0, 0.05) is 11.6 Å². The lowest BCUT2D eigenvalue weighted by molar-refractivity contribution is 0.286. The number of nitrogens with zero attached hydrogens (tertiary/aromatic N) is 3. The van der Waals surface area contributed by atoms with Crippen LogP contribution in [0.25, 0.3) is 11.4 Å². The lowest BCUT2D eigenvalue weighted by atomic mass is 10.2. The van der Waals surface area contributed by atoms with Crippen LogP contribution in [0.15, 0.2) is 64.0 Å². The lowest BCUT2D eigenvalue weighted by Gasteiger charge is -2.24. The summed E-state index contributed by atoms with van der Waals surface area (Å²) in [6.45, 7) is 3.42. The van der Waals surface area contributed by atoms with Gasteiger partial charge in [-0.05, 0) is 38.1 Å². The normalized spacial score (nSPS) is 12.0. The standard InChI is InChI=1S/C18H18FN3O3S/c1-13(2)22(26(23,24)16-10-8-15(19)9-11-16)12-17-20-18(21-25-17)14-6-4-3-5-7-14/h3-11,13H,12H2,1-2H3. The Kier molecular flexibility index (Phi) is 5.15. The predicted octanol–water partition coefficient (Wildman–Crippen LogP) is 3.48. The van der Waals surface area contributed by atoms with Crippen LogP contribution >= 0.6 is 0 Å². The monoisotopic (exact) mass is 375 g/mol. The molecule has 0 N–H and O–H groups in total. The number of benzene rings is 2. The van der Waals surface area contributed by atoms with Gasteiger partial charge in [-0.2, -0.15) is 9.29 Å². The number of sulfonamides is 1. The predicted molar refractivity (Wildman–Crippen MR) is 94.0 cm³/mol. The Morgan fingerprint density at radius 2 is 1.73 bits per heavy atom. The Morgan fingerprint density at radius 3 is 2.35 bits per heavy atom. The van der Waals surface area contributed by atoms with E-state index >= 15 is 0 Å². The molecule has 136 valence electrons. The third-order valence-corrected chi connectivity index (χ3v) is 5.82. The molecule has 0 radical (unpaired) electrons. The first kappa shape index (κ1) is 18.2. The van der Waals surface area contributed by atoms with E-state index in [1.54, 1.807) is 13.8 Å². The number of aromatic nitrogens is 2. The molecule has 1 aromatic heterocycles.